The van der Waals surface area contributed by atoms with Crippen LogP contribution in [0.4, 0.5) is 0 Å². The average molecular weight is 211 g/mol. The van der Waals surface area contributed by atoms with Crippen molar-refractivity contribution in [3.05, 3.63) is 0 Å². The van der Waals surface area contributed by atoms with Gasteiger partial charge in [0.05, 0.1) is 0 Å². The van der Waals surface area contributed by atoms with E-state index in [0.29, 0.717) is 11.8 Å². The highest BCUT2D eigenvalue weighted by Gasteiger charge is 2.65. The van der Waals surface area contributed by atoms with Crippen LogP contribution in [0.1, 0.15) is 39.0 Å². The Kier molecular flexibility index (Phi) is 2.44. The summed E-state index contributed by atoms with van der Waals surface area (Å²) in [5.74, 6) is -0.861. The number of aliphatic carboxylic acids is 1. The molecule has 0 radical (unpaired) electrons. The number of hydrogen-bond acceptors (Lipinski definition) is 2. The summed E-state index contributed by atoms with van der Waals surface area (Å²) in [5.41, 5.74) is 0.305. The third-order valence-electron chi connectivity index (χ3n) is 3.59. The summed E-state index contributed by atoms with van der Waals surface area (Å²) in [4.78, 5) is 22.5. The molecule has 0 aromatic heterocycles. The Hall–Kier alpha value is -1.06. The molecule has 1 spiro atoms. The van der Waals surface area contributed by atoms with Crippen molar-refractivity contribution in [2.75, 3.05) is 0 Å². The van der Waals surface area contributed by atoms with E-state index in [1.807, 2.05) is 6.92 Å². The molecular weight excluding hydrogens is 194 g/mol. The van der Waals surface area contributed by atoms with Crippen LogP contribution >= 0.6 is 0 Å². The van der Waals surface area contributed by atoms with Gasteiger partial charge in [-0.15, -0.1) is 0 Å². The minimum atomic E-state index is -0.921. The molecule has 2 unspecified atom stereocenters. The summed E-state index contributed by atoms with van der Waals surface area (Å²) < 4.78 is 0. The van der Waals surface area contributed by atoms with E-state index < -0.39 is 12.0 Å². The zero-order chi connectivity index (χ0) is 11.1. The van der Waals surface area contributed by atoms with Crippen molar-refractivity contribution in [3.63, 3.8) is 0 Å². The molecule has 2 saturated carbocycles. The lowest BCUT2D eigenvalue weighted by atomic mass is 10.1. The van der Waals surface area contributed by atoms with Crippen LogP contribution in [0.5, 0.6) is 0 Å². The highest BCUT2D eigenvalue weighted by molar-refractivity contribution is 5.87. The van der Waals surface area contributed by atoms with Crippen LogP contribution in [0.25, 0.3) is 0 Å². The lowest BCUT2D eigenvalue weighted by molar-refractivity contribution is -0.142. The van der Waals surface area contributed by atoms with Crippen LogP contribution in [0.3, 0.4) is 0 Å². The van der Waals surface area contributed by atoms with Crippen LogP contribution in [-0.4, -0.2) is 23.0 Å². The predicted molar refractivity (Wildman–Crippen MR) is 54.2 cm³/mol. The molecule has 2 rings (SSSR count). The van der Waals surface area contributed by atoms with Gasteiger partial charge in [-0.1, -0.05) is 13.3 Å². The van der Waals surface area contributed by atoms with E-state index in [-0.39, 0.29) is 11.8 Å². The molecule has 0 aromatic rings. The molecule has 2 atom stereocenters. The molecule has 84 valence electrons. The maximum atomic E-state index is 11.7. The van der Waals surface area contributed by atoms with Gasteiger partial charge in [0.1, 0.15) is 6.04 Å². The Morgan fingerprint density at radius 3 is 2.60 bits per heavy atom. The number of carbonyl (C=O) groups excluding carboxylic acids is 1. The van der Waals surface area contributed by atoms with E-state index in [9.17, 15) is 9.59 Å². The number of nitrogens with one attached hydrogen (secondary N) is 1. The molecule has 4 heteroatoms. The van der Waals surface area contributed by atoms with Gasteiger partial charge in [-0.3, -0.25) is 4.79 Å². The molecule has 0 bridgehead atoms. The average Bonchev–Trinajstić information content (AvgIpc) is 3.07. The first kappa shape index (κ1) is 10.5. The first-order chi connectivity index (χ1) is 7.09. The molecule has 0 heterocycles. The third kappa shape index (κ3) is 1.98. The van der Waals surface area contributed by atoms with E-state index in [1.165, 1.54) is 0 Å². The van der Waals surface area contributed by atoms with E-state index in [2.05, 4.69) is 5.32 Å². The topological polar surface area (TPSA) is 66.4 Å². The number of carbonyl (C=O) groups is 2. The summed E-state index contributed by atoms with van der Waals surface area (Å²) in [6.45, 7) is 1.92. The first-order valence-electron chi connectivity index (χ1n) is 5.62. The van der Waals surface area contributed by atoms with E-state index >= 15 is 0 Å². The zero-order valence-corrected chi connectivity index (χ0v) is 8.95. The summed E-state index contributed by atoms with van der Waals surface area (Å²) >= 11 is 0. The largest absolute Gasteiger partial charge is 0.480 e. The van der Waals surface area contributed by atoms with Crippen LogP contribution in [0, 0.1) is 11.3 Å². The highest BCUT2D eigenvalue weighted by atomic mass is 16.4. The Bertz CT molecular complexity index is 296. The van der Waals surface area contributed by atoms with Gasteiger partial charge in [-0.05, 0) is 31.1 Å². The maximum absolute atomic E-state index is 11.7. The van der Waals surface area contributed by atoms with E-state index in [1.54, 1.807) is 0 Å². The van der Waals surface area contributed by atoms with Gasteiger partial charge in [-0.2, -0.15) is 0 Å². The molecule has 4 nitrogen and oxygen atoms in total. The Labute approximate surface area is 89.0 Å². The second kappa shape index (κ2) is 3.51. The van der Waals surface area contributed by atoms with E-state index in [0.717, 1.165) is 25.7 Å². The SMILES string of the molecule is CCCC(NC(=O)C1CC12CC2)C(=O)O. The zero-order valence-electron chi connectivity index (χ0n) is 8.95. The molecule has 0 saturated heterocycles. The van der Waals surface area contributed by atoms with Gasteiger partial charge in [0.25, 0.3) is 0 Å². The normalized spacial score (nSPS) is 27.1. The molecule has 2 aliphatic carbocycles. The first-order valence-corrected chi connectivity index (χ1v) is 5.62. The van der Waals surface area contributed by atoms with Gasteiger partial charge in [0.2, 0.25) is 5.91 Å². The minimum absolute atomic E-state index is 0.0478. The third-order valence-corrected chi connectivity index (χ3v) is 3.59. The van der Waals surface area contributed by atoms with Crippen LogP contribution in [0.15, 0.2) is 0 Å². The monoisotopic (exact) mass is 211 g/mol. The van der Waals surface area contributed by atoms with Gasteiger partial charge < -0.3 is 10.4 Å². The van der Waals surface area contributed by atoms with Crippen molar-refractivity contribution >= 4 is 11.9 Å². The van der Waals surface area contributed by atoms with Gasteiger partial charge in [0, 0.05) is 5.92 Å². The maximum Gasteiger partial charge on any atom is 0.326 e. The fraction of sp³-hybridized carbons (Fsp3) is 0.818. The standard InChI is InChI=1S/C11H17NO3/c1-2-3-8(10(14)15)12-9(13)7-6-11(7)4-5-11/h7-8H,2-6H2,1H3,(H,12,13)(H,14,15). The lowest BCUT2D eigenvalue weighted by Gasteiger charge is -2.13. The summed E-state index contributed by atoms with van der Waals surface area (Å²) in [5, 5.41) is 11.5. The highest BCUT2D eigenvalue weighted by Crippen LogP contribution is 2.70. The molecule has 15 heavy (non-hydrogen) atoms. The van der Waals surface area contributed by atoms with Crippen molar-refractivity contribution in [1.29, 1.82) is 0 Å². The second-order valence-electron chi connectivity index (χ2n) is 4.81. The molecule has 0 aromatic carbocycles. The van der Waals surface area contributed by atoms with Crippen molar-refractivity contribution in [2.24, 2.45) is 11.3 Å². The molecule has 2 N–H and O–H groups in total. The summed E-state index contributed by atoms with van der Waals surface area (Å²) in [7, 11) is 0. The Balaban J connectivity index is 1.83. The predicted octanol–water partition coefficient (Wildman–Crippen LogP) is 1.16. The smallest absolute Gasteiger partial charge is 0.326 e. The second-order valence-corrected chi connectivity index (χ2v) is 4.81. The number of carboxylic acid groups (broad SMARTS) is 1. The number of hydrogen-bond donors (Lipinski definition) is 2. The van der Waals surface area contributed by atoms with Gasteiger partial charge >= 0.3 is 5.97 Å². The molecule has 1 amide bonds. The van der Waals surface area contributed by atoms with Gasteiger partial charge in [-0.25, -0.2) is 4.79 Å². The lowest BCUT2D eigenvalue weighted by Crippen LogP contribution is -2.41. The van der Waals surface area contributed by atoms with Crippen LogP contribution < -0.4 is 5.32 Å². The van der Waals surface area contributed by atoms with Crippen molar-refractivity contribution in [2.45, 2.75) is 45.1 Å². The van der Waals surface area contributed by atoms with Crippen LogP contribution in [0.2, 0.25) is 0 Å². The molecule has 2 aliphatic rings. The fourth-order valence-electron chi connectivity index (χ4n) is 2.25. The molecule has 2 fully saturated rings. The Morgan fingerprint density at radius 1 is 1.53 bits per heavy atom. The fourth-order valence-corrected chi connectivity index (χ4v) is 2.25. The molecular formula is C11H17NO3. The van der Waals surface area contributed by atoms with Gasteiger partial charge in [0.15, 0.2) is 0 Å². The minimum Gasteiger partial charge on any atom is -0.480 e. The number of rotatable bonds is 5. The van der Waals surface area contributed by atoms with Crippen molar-refractivity contribution in [1.82, 2.24) is 5.32 Å². The quantitative estimate of drug-likeness (QED) is 0.717. The summed E-state index contributed by atoms with van der Waals surface area (Å²) in [6.07, 6.45) is 4.55. The molecule has 0 aliphatic heterocycles. The number of amides is 1. The Morgan fingerprint density at radius 2 is 2.20 bits per heavy atom. The van der Waals surface area contributed by atoms with Crippen molar-refractivity contribution in [3.8, 4) is 0 Å². The number of carboxylic acids is 1. The van der Waals surface area contributed by atoms with E-state index in [4.69, 9.17) is 5.11 Å². The van der Waals surface area contributed by atoms with Crippen LogP contribution in [-0.2, 0) is 9.59 Å². The summed E-state index contributed by atoms with van der Waals surface area (Å²) in [6, 6.07) is -0.695. The van der Waals surface area contributed by atoms with Crippen molar-refractivity contribution < 1.29 is 14.7 Å².